The van der Waals surface area contributed by atoms with Gasteiger partial charge in [0.15, 0.2) is 11.0 Å². The molecule has 0 spiro atoms. The Bertz CT molecular complexity index is 567. The molecule has 0 aliphatic carbocycles. The highest BCUT2D eigenvalue weighted by Gasteiger charge is 2.09. The molecule has 1 heterocycles. The Balaban J connectivity index is 2.38. The Kier molecular flexibility index (Phi) is 4.34. The van der Waals surface area contributed by atoms with Crippen LogP contribution >= 0.6 is 27.5 Å². The molecule has 0 radical (unpaired) electrons. The fourth-order valence-electron chi connectivity index (χ4n) is 1.50. The third-order valence-electron chi connectivity index (χ3n) is 2.41. The highest BCUT2D eigenvalue weighted by Crippen LogP contribution is 2.28. The van der Waals surface area contributed by atoms with Crippen LogP contribution in [0.15, 0.2) is 22.7 Å². The number of fused-ring (bicyclic) bond motifs is 1. The van der Waals surface area contributed by atoms with Crippen LogP contribution in [-0.2, 0) is 0 Å². The first-order chi connectivity index (χ1) is 8.61. The van der Waals surface area contributed by atoms with Crippen LogP contribution in [0.4, 0.5) is 5.82 Å². The van der Waals surface area contributed by atoms with E-state index >= 15 is 0 Å². The lowest BCUT2D eigenvalue weighted by Crippen LogP contribution is -2.23. The van der Waals surface area contributed by atoms with E-state index in [1.165, 1.54) is 0 Å². The predicted octanol–water partition coefficient (Wildman–Crippen LogP) is 1.81. The van der Waals surface area contributed by atoms with Crippen LogP contribution in [-0.4, -0.2) is 39.7 Å². The minimum atomic E-state index is -0.843. The van der Waals surface area contributed by atoms with Gasteiger partial charge in [-0.05, 0) is 18.2 Å². The van der Waals surface area contributed by atoms with E-state index in [1.54, 1.807) is 0 Å². The lowest BCUT2D eigenvalue weighted by molar-refractivity contribution is 0.105. The molecular formula is C11H11BrClN3O2. The minimum absolute atomic E-state index is 0.189. The number of aliphatic hydroxyl groups is 2. The van der Waals surface area contributed by atoms with Crippen molar-refractivity contribution in [2.45, 2.75) is 6.10 Å². The largest absolute Gasteiger partial charge is 0.394 e. The third kappa shape index (κ3) is 2.89. The van der Waals surface area contributed by atoms with Gasteiger partial charge in [-0.25, -0.2) is 0 Å². The summed E-state index contributed by atoms with van der Waals surface area (Å²) in [6, 6.07) is 5.57. The van der Waals surface area contributed by atoms with Crippen molar-refractivity contribution in [2.75, 3.05) is 18.5 Å². The van der Waals surface area contributed by atoms with E-state index in [2.05, 4.69) is 31.4 Å². The van der Waals surface area contributed by atoms with Gasteiger partial charge in [-0.15, -0.1) is 10.2 Å². The van der Waals surface area contributed by atoms with Gasteiger partial charge in [-0.2, -0.15) is 0 Å². The zero-order chi connectivity index (χ0) is 13.1. The Morgan fingerprint density at radius 3 is 2.83 bits per heavy atom. The Morgan fingerprint density at radius 2 is 2.11 bits per heavy atom. The Hall–Kier alpha value is -0.950. The molecule has 0 saturated carbocycles. The van der Waals surface area contributed by atoms with Gasteiger partial charge >= 0.3 is 0 Å². The van der Waals surface area contributed by atoms with Gasteiger partial charge in [0, 0.05) is 21.8 Å². The topological polar surface area (TPSA) is 78.3 Å². The normalized spacial score (nSPS) is 12.7. The molecule has 0 amide bonds. The molecule has 0 fully saturated rings. The van der Waals surface area contributed by atoms with Gasteiger partial charge in [0.05, 0.1) is 12.7 Å². The van der Waals surface area contributed by atoms with Crippen LogP contribution < -0.4 is 5.32 Å². The van der Waals surface area contributed by atoms with Crippen LogP contribution in [0.1, 0.15) is 0 Å². The summed E-state index contributed by atoms with van der Waals surface area (Å²) in [4.78, 5) is 0. The highest BCUT2D eigenvalue weighted by molar-refractivity contribution is 9.10. The molecule has 1 atom stereocenters. The smallest absolute Gasteiger partial charge is 0.159 e. The summed E-state index contributed by atoms with van der Waals surface area (Å²) >= 11 is 9.34. The molecule has 1 aromatic carbocycles. The first-order valence-corrected chi connectivity index (χ1v) is 6.43. The van der Waals surface area contributed by atoms with Crippen molar-refractivity contribution in [2.24, 2.45) is 0 Å². The van der Waals surface area contributed by atoms with E-state index < -0.39 is 6.10 Å². The maximum absolute atomic E-state index is 9.30. The van der Waals surface area contributed by atoms with Crippen molar-refractivity contribution in [3.63, 3.8) is 0 Å². The van der Waals surface area contributed by atoms with Gasteiger partial charge in [0.2, 0.25) is 0 Å². The lowest BCUT2D eigenvalue weighted by Gasteiger charge is -2.11. The van der Waals surface area contributed by atoms with E-state index in [1.807, 2.05) is 18.2 Å². The Labute approximate surface area is 117 Å². The van der Waals surface area contributed by atoms with Gasteiger partial charge in [-0.3, -0.25) is 0 Å². The second-order valence-electron chi connectivity index (χ2n) is 3.75. The van der Waals surface area contributed by atoms with E-state index in [9.17, 15) is 5.11 Å². The van der Waals surface area contributed by atoms with Crippen LogP contribution in [0.25, 0.3) is 10.8 Å². The molecule has 0 bridgehead atoms. The van der Waals surface area contributed by atoms with Crippen molar-refractivity contribution < 1.29 is 10.2 Å². The molecule has 5 nitrogen and oxygen atoms in total. The summed E-state index contributed by atoms with van der Waals surface area (Å²) < 4.78 is 0.893. The fraction of sp³-hybridized carbons (Fsp3) is 0.273. The highest BCUT2D eigenvalue weighted by atomic mass is 79.9. The summed E-state index contributed by atoms with van der Waals surface area (Å²) in [5.74, 6) is 0.517. The monoisotopic (exact) mass is 331 g/mol. The van der Waals surface area contributed by atoms with E-state index in [0.717, 1.165) is 15.2 Å². The number of rotatable bonds is 4. The van der Waals surface area contributed by atoms with E-state index in [0.29, 0.717) is 11.0 Å². The molecule has 0 aliphatic heterocycles. The number of nitrogens with zero attached hydrogens (tertiary/aromatic N) is 2. The molecule has 2 aromatic rings. The predicted molar refractivity (Wildman–Crippen MR) is 73.8 cm³/mol. The average molecular weight is 333 g/mol. The minimum Gasteiger partial charge on any atom is -0.394 e. The molecule has 3 N–H and O–H groups in total. The van der Waals surface area contributed by atoms with E-state index in [-0.39, 0.29) is 13.2 Å². The summed E-state index contributed by atoms with van der Waals surface area (Å²) in [6.07, 6.45) is -0.843. The SMILES string of the molecule is OC[C@@H](O)CNc1nnc(Cl)c2ccc(Br)cc12. The van der Waals surface area contributed by atoms with Crippen molar-refractivity contribution in [1.29, 1.82) is 0 Å². The summed E-state index contributed by atoms with van der Waals surface area (Å²) in [7, 11) is 0. The molecule has 2 rings (SSSR count). The quantitative estimate of drug-likeness (QED) is 0.796. The second-order valence-corrected chi connectivity index (χ2v) is 5.02. The molecule has 0 saturated heterocycles. The number of benzene rings is 1. The van der Waals surface area contributed by atoms with Crippen LogP contribution in [0.2, 0.25) is 5.15 Å². The third-order valence-corrected chi connectivity index (χ3v) is 3.19. The van der Waals surface area contributed by atoms with Gasteiger partial charge in [0.25, 0.3) is 0 Å². The second kappa shape index (κ2) is 5.79. The summed E-state index contributed by atoms with van der Waals surface area (Å²) in [5.41, 5.74) is 0. The van der Waals surface area contributed by atoms with Crippen molar-refractivity contribution >= 4 is 44.1 Å². The van der Waals surface area contributed by atoms with Gasteiger partial charge in [-0.1, -0.05) is 27.5 Å². The molecule has 18 heavy (non-hydrogen) atoms. The number of hydrogen-bond acceptors (Lipinski definition) is 5. The number of nitrogens with one attached hydrogen (secondary N) is 1. The standard InChI is InChI=1S/C11H11BrClN3O2/c12-6-1-2-8-9(3-6)11(16-15-10(8)13)14-4-7(18)5-17/h1-3,7,17-18H,4-5H2,(H,14,16)/t7-/m0/s1. The first-order valence-electron chi connectivity index (χ1n) is 5.26. The summed E-state index contributed by atoms with van der Waals surface area (Å²) in [5, 5.41) is 30.7. The number of anilines is 1. The molecule has 1 aromatic heterocycles. The first kappa shape index (κ1) is 13.5. The summed E-state index contributed by atoms with van der Waals surface area (Å²) in [6.45, 7) is -0.121. The van der Waals surface area contributed by atoms with Crippen molar-refractivity contribution in [1.82, 2.24) is 10.2 Å². The van der Waals surface area contributed by atoms with Crippen molar-refractivity contribution in [3.05, 3.63) is 27.8 Å². The Morgan fingerprint density at radius 1 is 1.33 bits per heavy atom. The number of hydrogen-bond donors (Lipinski definition) is 3. The maximum Gasteiger partial charge on any atom is 0.159 e. The van der Waals surface area contributed by atoms with Crippen LogP contribution in [0.5, 0.6) is 0 Å². The number of aliphatic hydroxyl groups excluding tert-OH is 2. The lowest BCUT2D eigenvalue weighted by atomic mass is 10.2. The molecule has 96 valence electrons. The van der Waals surface area contributed by atoms with Crippen LogP contribution in [0.3, 0.4) is 0 Å². The fourth-order valence-corrected chi connectivity index (χ4v) is 2.07. The number of halogens is 2. The number of aromatic nitrogens is 2. The van der Waals surface area contributed by atoms with Crippen LogP contribution in [0, 0.1) is 0 Å². The zero-order valence-corrected chi connectivity index (χ0v) is 11.6. The van der Waals surface area contributed by atoms with E-state index in [4.69, 9.17) is 16.7 Å². The zero-order valence-electron chi connectivity index (χ0n) is 9.27. The maximum atomic E-state index is 9.30. The van der Waals surface area contributed by atoms with Gasteiger partial charge < -0.3 is 15.5 Å². The van der Waals surface area contributed by atoms with Gasteiger partial charge in [0.1, 0.15) is 0 Å². The molecule has 0 unspecified atom stereocenters. The molecule has 0 aliphatic rings. The molecule has 7 heteroatoms. The average Bonchev–Trinajstić information content (AvgIpc) is 2.37. The molecular weight excluding hydrogens is 321 g/mol. The van der Waals surface area contributed by atoms with Crippen molar-refractivity contribution in [3.8, 4) is 0 Å².